The molecule has 0 aliphatic carbocycles. The fourth-order valence-electron chi connectivity index (χ4n) is 1.42. The lowest BCUT2D eigenvalue weighted by atomic mass is 10.3. The van der Waals surface area contributed by atoms with Crippen LogP contribution in [0.3, 0.4) is 0 Å². The van der Waals surface area contributed by atoms with E-state index in [2.05, 4.69) is 5.32 Å². The number of carbonyl (C=O) groups is 1. The van der Waals surface area contributed by atoms with Crippen LogP contribution in [-0.2, 0) is 9.53 Å². The summed E-state index contributed by atoms with van der Waals surface area (Å²) in [7, 11) is 1.62. The van der Waals surface area contributed by atoms with Gasteiger partial charge in [0.25, 0.3) is 0 Å². The number of hydrogen-bond acceptors (Lipinski definition) is 3. The SMILES string of the molecule is COC[C@@H](C)NC(=O)[C@@H](C)Sc1ccc(Cl)cc1. The highest BCUT2D eigenvalue weighted by molar-refractivity contribution is 8.00. The van der Waals surface area contributed by atoms with Gasteiger partial charge in [-0.3, -0.25) is 4.79 Å². The number of benzene rings is 1. The van der Waals surface area contributed by atoms with Crippen LogP contribution < -0.4 is 5.32 Å². The number of rotatable bonds is 6. The largest absolute Gasteiger partial charge is 0.383 e. The van der Waals surface area contributed by atoms with Gasteiger partial charge >= 0.3 is 0 Å². The van der Waals surface area contributed by atoms with Crippen LogP contribution in [0.25, 0.3) is 0 Å². The van der Waals surface area contributed by atoms with E-state index in [9.17, 15) is 4.79 Å². The summed E-state index contributed by atoms with van der Waals surface area (Å²) in [6, 6.07) is 7.49. The molecule has 0 spiro atoms. The van der Waals surface area contributed by atoms with Gasteiger partial charge < -0.3 is 10.1 Å². The quantitative estimate of drug-likeness (QED) is 0.818. The maximum atomic E-state index is 11.9. The van der Waals surface area contributed by atoms with Crippen LogP contribution in [0.2, 0.25) is 5.02 Å². The van der Waals surface area contributed by atoms with Gasteiger partial charge in [-0.15, -0.1) is 11.8 Å². The first-order valence-corrected chi connectivity index (χ1v) is 7.00. The Kier molecular flexibility index (Phi) is 6.54. The highest BCUT2D eigenvalue weighted by Crippen LogP contribution is 2.24. The van der Waals surface area contributed by atoms with E-state index in [0.29, 0.717) is 11.6 Å². The van der Waals surface area contributed by atoms with E-state index in [1.165, 1.54) is 11.8 Å². The summed E-state index contributed by atoms with van der Waals surface area (Å²) in [6.45, 7) is 4.32. The number of methoxy groups -OCH3 is 1. The minimum Gasteiger partial charge on any atom is -0.383 e. The summed E-state index contributed by atoms with van der Waals surface area (Å²) < 4.78 is 4.98. The molecular formula is C13H18ClNO2S. The predicted octanol–water partition coefficient (Wildman–Crippen LogP) is 2.97. The van der Waals surface area contributed by atoms with Crippen molar-refractivity contribution in [3.05, 3.63) is 29.3 Å². The lowest BCUT2D eigenvalue weighted by Crippen LogP contribution is -2.39. The molecule has 18 heavy (non-hydrogen) atoms. The molecule has 2 atom stereocenters. The Morgan fingerprint density at radius 3 is 2.56 bits per heavy atom. The Morgan fingerprint density at radius 1 is 1.39 bits per heavy atom. The number of carbonyl (C=O) groups excluding carboxylic acids is 1. The third-order valence-corrected chi connectivity index (χ3v) is 3.66. The lowest BCUT2D eigenvalue weighted by Gasteiger charge is -2.16. The van der Waals surface area contributed by atoms with Crippen LogP contribution in [0.15, 0.2) is 29.2 Å². The Bertz CT molecular complexity index is 383. The molecule has 0 fully saturated rings. The monoisotopic (exact) mass is 287 g/mol. The van der Waals surface area contributed by atoms with Crippen molar-refractivity contribution in [3.8, 4) is 0 Å². The van der Waals surface area contributed by atoms with Crippen molar-refractivity contribution in [2.45, 2.75) is 30.0 Å². The number of ether oxygens (including phenoxy) is 1. The van der Waals surface area contributed by atoms with Crippen molar-refractivity contribution in [2.75, 3.05) is 13.7 Å². The number of nitrogens with one attached hydrogen (secondary N) is 1. The minimum absolute atomic E-state index is 0.0134. The van der Waals surface area contributed by atoms with Gasteiger partial charge in [0, 0.05) is 23.1 Å². The topological polar surface area (TPSA) is 38.3 Å². The van der Waals surface area contributed by atoms with Gasteiger partial charge in [-0.1, -0.05) is 11.6 Å². The molecule has 1 aromatic rings. The molecule has 1 N–H and O–H groups in total. The Labute approximate surface area is 117 Å². The Morgan fingerprint density at radius 2 is 2.00 bits per heavy atom. The molecule has 0 bridgehead atoms. The van der Waals surface area contributed by atoms with Crippen molar-refractivity contribution >= 4 is 29.3 Å². The third-order valence-electron chi connectivity index (χ3n) is 2.30. The van der Waals surface area contributed by atoms with Crippen LogP contribution in [0.5, 0.6) is 0 Å². The van der Waals surface area contributed by atoms with Crippen molar-refractivity contribution in [2.24, 2.45) is 0 Å². The molecule has 100 valence electrons. The molecule has 1 aromatic carbocycles. The second-order valence-electron chi connectivity index (χ2n) is 4.08. The lowest BCUT2D eigenvalue weighted by molar-refractivity contribution is -0.121. The summed E-state index contributed by atoms with van der Waals surface area (Å²) in [5, 5.41) is 3.45. The van der Waals surface area contributed by atoms with Gasteiger partial charge in [-0.05, 0) is 38.1 Å². The molecular weight excluding hydrogens is 270 g/mol. The van der Waals surface area contributed by atoms with Gasteiger partial charge in [-0.2, -0.15) is 0 Å². The first kappa shape index (κ1) is 15.3. The standard InChI is InChI=1S/C13H18ClNO2S/c1-9(8-17-3)15-13(16)10(2)18-12-6-4-11(14)5-7-12/h4-7,9-10H,8H2,1-3H3,(H,15,16)/t9-,10-/m1/s1. The normalized spacial score (nSPS) is 14.0. The van der Waals surface area contributed by atoms with Crippen LogP contribution in [-0.4, -0.2) is 30.9 Å². The summed E-state index contributed by atoms with van der Waals surface area (Å²) in [4.78, 5) is 12.9. The van der Waals surface area contributed by atoms with Crippen molar-refractivity contribution < 1.29 is 9.53 Å². The Hall–Kier alpha value is -0.710. The van der Waals surface area contributed by atoms with E-state index in [-0.39, 0.29) is 17.2 Å². The fourth-order valence-corrected chi connectivity index (χ4v) is 2.43. The van der Waals surface area contributed by atoms with Crippen molar-refractivity contribution in [1.29, 1.82) is 0 Å². The molecule has 3 nitrogen and oxygen atoms in total. The zero-order valence-electron chi connectivity index (χ0n) is 10.8. The molecule has 1 amide bonds. The molecule has 0 aromatic heterocycles. The zero-order chi connectivity index (χ0) is 13.5. The maximum absolute atomic E-state index is 11.9. The summed E-state index contributed by atoms with van der Waals surface area (Å²) in [5.74, 6) is 0.0134. The van der Waals surface area contributed by atoms with Gasteiger partial charge in [0.2, 0.25) is 5.91 Å². The number of amides is 1. The average Bonchev–Trinajstić information content (AvgIpc) is 2.32. The van der Waals surface area contributed by atoms with Crippen LogP contribution >= 0.6 is 23.4 Å². The van der Waals surface area contributed by atoms with E-state index < -0.39 is 0 Å². The summed E-state index contributed by atoms with van der Waals surface area (Å²) in [5.41, 5.74) is 0. The van der Waals surface area contributed by atoms with Gasteiger partial charge in [0.05, 0.1) is 11.9 Å². The molecule has 0 radical (unpaired) electrons. The number of hydrogen-bond donors (Lipinski definition) is 1. The van der Waals surface area contributed by atoms with Crippen LogP contribution in [0.1, 0.15) is 13.8 Å². The summed E-state index contributed by atoms with van der Waals surface area (Å²) in [6.07, 6.45) is 0. The van der Waals surface area contributed by atoms with Crippen molar-refractivity contribution in [1.82, 2.24) is 5.32 Å². The number of halogens is 1. The van der Waals surface area contributed by atoms with Crippen LogP contribution in [0, 0.1) is 0 Å². The molecule has 0 saturated heterocycles. The molecule has 0 saturated carbocycles. The second kappa shape index (κ2) is 7.67. The molecule has 5 heteroatoms. The molecule has 0 heterocycles. The van der Waals surface area contributed by atoms with Gasteiger partial charge in [0.15, 0.2) is 0 Å². The van der Waals surface area contributed by atoms with E-state index in [4.69, 9.17) is 16.3 Å². The molecule has 0 unspecified atom stereocenters. The van der Waals surface area contributed by atoms with Crippen LogP contribution in [0.4, 0.5) is 0 Å². The average molecular weight is 288 g/mol. The summed E-state index contributed by atoms with van der Waals surface area (Å²) >= 11 is 7.32. The van der Waals surface area contributed by atoms with Crippen molar-refractivity contribution in [3.63, 3.8) is 0 Å². The third kappa shape index (κ3) is 5.29. The second-order valence-corrected chi connectivity index (χ2v) is 5.93. The highest BCUT2D eigenvalue weighted by atomic mass is 35.5. The van der Waals surface area contributed by atoms with Gasteiger partial charge in [-0.25, -0.2) is 0 Å². The van der Waals surface area contributed by atoms with E-state index in [1.807, 2.05) is 38.1 Å². The maximum Gasteiger partial charge on any atom is 0.233 e. The predicted molar refractivity (Wildman–Crippen MR) is 76.3 cm³/mol. The minimum atomic E-state index is -0.148. The first-order chi connectivity index (χ1) is 8.52. The van der Waals surface area contributed by atoms with E-state index in [0.717, 1.165) is 4.90 Å². The highest BCUT2D eigenvalue weighted by Gasteiger charge is 2.16. The van der Waals surface area contributed by atoms with E-state index in [1.54, 1.807) is 7.11 Å². The number of thioether (sulfide) groups is 1. The molecule has 0 aliphatic rings. The zero-order valence-corrected chi connectivity index (χ0v) is 12.3. The fraction of sp³-hybridized carbons (Fsp3) is 0.462. The van der Waals surface area contributed by atoms with Gasteiger partial charge in [0.1, 0.15) is 0 Å². The first-order valence-electron chi connectivity index (χ1n) is 5.74. The smallest absolute Gasteiger partial charge is 0.233 e. The Balaban J connectivity index is 2.46. The van der Waals surface area contributed by atoms with E-state index >= 15 is 0 Å². The molecule has 0 aliphatic heterocycles. The molecule has 1 rings (SSSR count).